The van der Waals surface area contributed by atoms with Gasteiger partial charge in [-0.15, -0.1) is 0 Å². The van der Waals surface area contributed by atoms with Crippen LogP contribution in [0.15, 0.2) is 60.0 Å². The lowest BCUT2D eigenvalue weighted by atomic mass is 10.2. The molecule has 1 heterocycles. The van der Waals surface area contributed by atoms with Crippen molar-refractivity contribution in [1.82, 2.24) is 0 Å². The van der Waals surface area contributed by atoms with Crippen LogP contribution in [0.4, 0.5) is 0 Å². The second-order valence-electron chi connectivity index (χ2n) is 3.35. The van der Waals surface area contributed by atoms with Crippen LogP contribution in [0.2, 0.25) is 0 Å². The monoisotopic (exact) mass is 223 g/mol. The first-order valence-corrected chi connectivity index (χ1v) is 5.02. The maximum atomic E-state index is 11.7. The third-order valence-electron chi connectivity index (χ3n) is 2.17. The minimum Gasteiger partial charge on any atom is -0.854 e. The minimum absolute atomic E-state index is 0.319. The van der Waals surface area contributed by atoms with E-state index in [1.165, 1.54) is 4.68 Å². The number of aromatic nitrogens is 1. The molecule has 0 saturated carbocycles. The van der Waals surface area contributed by atoms with Crippen molar-refractivity contribution in [2.45, 2.75) is 0 Å². The van der Waals surface area contributed by atoms with Gasteiger partial charge in [0.05, 0.1) is 17.5 Å². The van der Waals surface area contributed by atoms with Crippen LogP contribution < -0.4 is 9.78 Å². The Balaban J connectivity index is 2.27. The molecule has 0 aliphatic carbocycles. The van der Waals surface area contributed by atoms with Crippen LogP contribution in [-0.2, 0) is 0 Å². The van der Waals surface area contributed by atoms with Crippen molar-refractivity contribution in [1.29, 1.82) is 5.26 Å². The van der Waals surface area contributed by atoms with E-state index in [0.717, 1.165) is 0 Å². The zero-order valence-electron chi connectivity index (χ0n) is 8.95. The van der Waals surface area contributed by atoms with Crippen LogP contribution in [0.5, 0.6) is 0 Å². The third-order valence-corrected chi connectivity index (χ3v) is 2.17. The average molecular weight is 223 g/mol. The molecule has 0 saturated heterocycles. The normalized spacial score (nSPS) is 10.9. The van der Waals surface area contributed by atoms with Crippen molar-refractivity contribution < 1.29 is 9.78 Å². The maximum Gasteiger partial charge on any atom is 0.203 e. The van der Waals surface area contributed by atoms with E-state index < -0.39 is 0 Å². The summed E-state index contributed by atoms with van der Waals surface area (Å²) in [7, 11) is 0. The Morgan fingerprint density at radius 3 is 2.35 bits per heavy atom. The summed E-state index contributed by atoms with van der Waals surface area (Å²) in [5, 5.41) is 24.2. The molecule has 0 unspecified atom stereocenters. The van der Waals surface area contributed by atoms with Gasteiger partial charge in [0.1, 0.15) is 0 Å². The van der Waals surface area contributed by atoms with Crippen LogP contribution >= 0.6 is 0 Å². The van der Waals surface area contributed by atoms with Gasteiger partial charge in [-0.2, -0.15) is 5.26 Å². The Morgan fingerprint density at radius 2 is 1.76 bits per heavy atom. The molecule has 0 radical (unpaired) electrons. The number of rotatable bonds is 2. The third kappa shape index (κ3) is 2.67. The highest BCUT2D eigenvalue weighted by molar-refractivity contribution is 5.89. The SMILES string of the molecule is N#Cc1cc[n+](/N=C(\[O-])c2ccccc2)cc1. The number of nitrogens with zero attached hydrogens (tertiary/aromatic N) is 3. The van der Waals surface area contributed by atoms with Crippen molar-refractivity contribution >= 4 is 5.90 Å². The van der Waals surface area contributed by atoms with E-state index in [0.29, 0.717) is 11.1 Å². The van der Waals surface area contributed by atoms with Gasteiger partial charge in [-0.3, -0.25) is 0 Å². The van der Waals surface area contributed by atoms with Crippen LogP contribution in [0.3, 0.4) is 0 Å². The molecular formula is C13H9N3O. The molecule has 1 aromatic heterocycles. The Labute approximate surface area is 98.7 Å². The van der Waals surface area contributed by atoms with Gasteiger partial charge in [-0.25, -0.2) is 0 Å². The van der Waals surface area contributed by atoms with Gasteiger partial charge in [0.2, 0.25) is 12.4 Å². The molecule has 0 spiro atoms. The fraction of sp³-hybridized carbons (Fsp3) is 0. The molecular weight excluding hydrogens is 214 g/mol. The summed E-state index contributed by atoms with van der Waals surface area (Å²) in [6.07, 6.45) is 3.14. The van der Waals surface area contributed by atoms with Crippen molar-refractivity contribution in [3.63, 3.8) is 0 Å². The molecule has 2 aromatic rings. The lowest BCUT2D eigenvalue weighted by Gasteiger charge is -2.05. The summed E-state index contributed by atoms with van der Waals surface area (Å²) in [4.78, 5) is 0. The number of pyridine rings is 1. The van der Waals surface area contributed by atoms with Gasteiger partial charge >= 0.3 is 0 Å². The highest BCUT2D eigenvalue weighted by atomic mass is 16.3. The largest absolute Gasteiger partial charge is 0.854 e. The smallest absolute Gasteiger partial charge is 0.203 e. The maximum absolute atomic E-state index is 11.7. The predicted molar refractivity (Wildman–Crippen MR) is 59.7 cm³/mol. The van der Waals surface area contributed by atoms with Crippen LogP contribution in [-0.4, -0.2) is 5.90 Å². The van der Waals surface area contributed by atoms with Crippen LogP contribution in [0.1, 0.15) is 11.1 Å². The zero-order valence-corrected chi connectivity index (χ0v) is 8.95. The van der Waals surface area contributed by atoms with Gasteiger partial charge in [0.15, 0.2) is 0 Å². The van der Waals surface area contributed by atoms with Gasteiger partial charge in [0.25, 0.3) is 0 Å². The number of nitriles is 1. The van der Waals surface area contributed by atoms with Crippen molar-refractivity contribution in [3.8, 4) is 6.07 Å². The first kappa shape index (κ1) is 10.8. The fourth-order valence-corrected chi connectivity index (χ4v) is 1.30. The van der Waals surface area contributed by atoms with E-state index >= 15 is 0 Å². The quantitative estimate of drug-likeness (QED) is 0.420. The van der Waals surface area contributed by atoms with E-state index in [1.807, 2.05) is 12.1 Å². The molecule has 0 atom stereocenters. The van der Waals surface area contributed by atoms with E-state index in [2.05, 4.69) is 5.10 Å². The molecule has 0 bridgehead atoms. The van der Waals surface area contributed by atoms with Crippen molar-refractivity contribution in [3.05, 3.63) is 66.0 Å². The Hall–Kier alpha value is -2.67. The molecule has 4 nitrogen and oxygen atoms in total. The molecule has 1 aromatic carbocycles. The minimum atomic E-state index is -0.319. The van der Waals surface area contributed by atoms with Crippen molar-refractivity contribution in [2.24, 2.45) is 5.10 Å². The molecule has 0 N–H and O–H groups in total. The van der Waals surface area contributed by atoms with E-state index in [4.69, 9.17) is 5.26 Å². The molecule has 17 heavy (non-hydrogen) atoms. The lowest BCUT2D eigenvalue weighted by Crippen LogP contribution is -2.33. The summed E-state index contributed by atoms with van der Waals surface area (Å²) in [6, 6.07) is 14.0. The van der Waals surface area contributed by atoms with E-state index in [-0.39, 0.29) is 5.90 Å². The summed E-state index contributed by atoms with van der Waals surface area (Å²) < 4.78 is 1.39. The summed E-state index contributed by atoms with van der Waals surface area (Å²) in [6.45, 7) is 0. The first-order valence-electron chi connectivity index (χ1n) is 5.02. The highest BCUT2D eigenvalue weighted by Gasteiger charge is 1.99. The first-order chi connectivity index (χ1) is 8.29. The van der Waals surface area contributed by atoms with E-state index in [1.54, 1.807) is 48.8 Å². The van der Waals surface area contributed by atoms with Crippen LogP contribution in [0, 0.1) is 11.3 Å². The zero-order chi connectivity index (χ0) is 12.1. The predicted octanol–water partition coefficient (Wildman–Crippen LogP) is 0.416. The molecule has 0 fully saturated rings. The summed E-state index contributed by atoms with van der Waals surface area (Å²) in [5.41, 5.74) is 1.06. The summed E-state index contributed by atoms with van der Waals surface area (Å²) in [5.74, 6) is -0.319. The van der Waals surface area contributed by atoms with Crippen molar-refractivity contribution in [2.75, 3.05) is 0 Å². The highest BCUT2D eigenvalue weighted by Crippen LogP contribution is 1.97. The standard InChI is InChI=1S/C13H9N3O/c14-10-11-6-8-16(9-7-11)15-13(17)12-4-2-1-3-5-12/h1-9H. The Bertz CT molecular complexity index is 568. The Morgan fingerprint density at radius 1 is 1.12 bits per heavy atom. The topological polar surface area (TPSA) is 63.1 Å². The van der Waals surface area contributed by atoms with Gasteiger partial charge in [-0.1, -0.05) is 35.0 Å². The second-order valence-corrected chi connectivity index (χ2v) is 3.35. The number of hydrogen-bond acceptors (Lipinski definition) is 3. The van der Waals surface area contributed by atoms with Gasteiger partial charge in [-0.05, 0) is 10.7 Å². The molecule has 0 aliphatic rings. The summed E-state index contributed by atoms with van der Waals surface area (Å²) >= 11 is 0. The number of hydrogen-bond donors (Lipinski definition) is 0. The van der Waals surface area contributed by atoms with Crippen LogP contribution in [0.25, 0.3) is 0 Å². The Kier molecular flexibility index (Phi) is 3.13. The fourth-order valence-electron chi connectivity index (χ4n) is 1.30. The lowest BCUT2D eigenvalue weighted by molar-refractivity contribution is -0.681. The molecule has 0 aliphatic heterocycles. The molecule has 2 rings (SSSR count). The number of benzene rings is 1. The van der Waals surface area contributed by atoms with E-state index in [9.17, 15) is 5.11 Å². The average Bonchev–Trinajstić information content (AvgIpc) is 2.40. The molecule has 0 amide bonds. The second kappa shape index (κ2) is 4.90. The van der Waals surface area contributed by atoms with Gasteiger partial charge in [0, 0.05) is 12.1 Å². The molecule has 4 heteroatoms. The van der Waals surface area contributed by atoms with Gasteiger partial charge < -0.3 is 5.11 Å². The molecule has 82 valence electrons.